The summed E-state index contributed by atoms with van der Waals surface area (Å²) >= 11 is 6.21. The number of aromatic nitrogens is 4. The molecule has 0 saturated carbocycles. The van der Waals surface area contributed by atoms with E-state index in [2.05, 4.69) is 20.3 Å². The summed E-state index contributed by atoms with van der Waals surface area (Å²) in [7, 11) is -4.16. The second kappa shape index (κ2) is 10.0. The highest BCUT2D eigenvalue weighted by molar-refractivity contribution is 7.51. The van der Waals surface area contributed by atoms with Crippen molar-refractivity contribution >= 4 is 47.0 Å². The molecule has 4 aromatic rings. The lowest BCUT2D eigenvalue weighted by molar-refractivity contribution is -0.0370. The first-order valence-electron chi connectivity index (χ1n) is 11.4. The molecule has 36 heavy (non-hydrogen) atoms. The lowest BCUT2D eigenvalue weighted by Crippen LogP contribution is -2.31. The van der Waals surface area contributed by atoms with Gasteiger partial charge in [-0.3, -0.25) is 9.13 Å². The van der Waals surface area contributed by atoms with E-state index in [-0.39, 0.29) is 24.3 Å². The van der Waals surface area contributed by atoms with Crippen LogP contribution in [0.3, 0.4) is 0 Å². The number of rotatable bonds is 8. The van der Waals surface area contributed by atoms with Crippen molar-refractivity contribution < 1.29 is 29.3 Å². The Bertz CT molecular complexity index is 1440. The number of benzene rings is 2. The van der Waals surface area contributed by atoms with E-state index in [0.29, 0.717) is 23.5 Å². The maximum Gasteiger partial charge on any atom is 0.325 e. The molecule has 1 aliphatic rings. The van der Waals surface area contributed by atoms with Gasteiger partial charge in [0.1, 0.15) is 12.2 Å². The molecular weight excluding hydrogens is 509 g/mol. The van der Waals surface area contributed by atoms with Gasteiger partial charge in [-0.2, -0.15) is 9.97 Å². The van der Waals surface area contributed by atoms with Crippen molar-refractivity contribution in [1.82, 2.24) is 19.5 Å². The van der Waals surface area contributed by atoms with E-state index in [1.807, 2.05) is 42.5 Å². The molecule has 1 saturated heterocycles. The summed E-state index contributed by atoms with van der Waals surface area (Å²) < 4.78 is 18.4. The van der Waals surface area contributed by atoms with Gasteiger partial charge in [0.15, 0.2) is 23.2 Å². The highest BCUT2D eigenvalue weighted by Gasteiger charge is 2.44. The van der Waals surface area contributed by atoms with E-state index in [0.717, 1.165) is 16.3 Å². The molecule has 190 valence electrons. The lowest BCUT2D eigenvalue weighted by atomic mass is 10.0. The normalized spacial score (nSPS) is 22.5. The van der Waals surface area contributed by atoms with Crippen LogP contribution in [0, 0.1) is 0 Å². The molecule has 5 rings (SSSR count). The van der Waals surface area contributed by atoms with Crippen LogP contribution >= 0.6 is 19.2 Å². The van der Waals surface area contributed by atoms with Gasteiger partial charge in [-0.15, -0.1) is 0 Å². The third-order valence-corrected chi connectivity index (χ3v) is 7.34. The van der Waals surface area contributed by atoms with E-state index in [4.69, 9.17) is 26.1 Å². The number of hydrogen-bond donors (Lipinski definition) is 5. The van der Waals surface area contributed by atoms with Crippen molar-refractivity contribution in [3.63, 3.8) is 0 Å². The van der Waals surface area contributed by atoms with Gasteiger partial charge in [-0.05, 0) is 40.8 Å². The van der Waals surface area contributed by atoms with Crippen LogP contribution < -0.4 is 5.32 Å². The molecule has 1 aliphatic heterocycles. The number of halogens is 1. The molecule has 0 radical (unpaired) electrons. The van der Waals surface area contributed by atoms with Gasteiger partial charge in [-0.25, -0.2) is 4.98 Å². The van der Waals surface area contributed by atoms with Gasteiger partial charge >= 0.3 is 7.60 Å². The van der Waals surface area contributed by atoms with Crippen LogP contribution in [-0.4, -0.2) is 64.0 Å². The number of aliphatic hydroxyl groups is 2. The Morgan fingerprint density at radius 3 is 2.67 bits per heavy atom. The maximum absolute atomic E-state index is 11.1. The second-order valence-corrected chi connectivity index (χ2v) is 10.8. The summed E-state index contributed by atoms with van der Waals surface area (Å²) in [4.78, 5) is 31.1. The van der Waals surface area contributed by atoms with Gasteiger partial charge < -0.3 is 30.1 Å². The molecule has 2 aromatic heterocycles. The van der Waals surface area contributed by atoms with Gasteiger partial charge in [0.25, 0.3) is 0 Å². The summed E-state index contributed by atoms with van der Waals surface area (Å²) in [6, 6.07) is 14.1. The molecule has 5 N–H and O–H groups in total. The monoisotopic (exact) mass is 533 g/mol. The predicted molar refractivity (Wildman–Crippen MR) is 134 cm³/mol. The third-order valence-electron chi connectivity index (χ3n) is 6.27. The van der Waals surface area contributed by atoms with E-state index in [1.54, 1.807) is 0 Å². The summed E-state index contributed by atoms with van der Waals surface area (Å²) in [5, 5.41) is 26.6. The number of fused-ring (bicyclic) bond motifs is 2. The second-order valence-electron chi connectivity index (χ2n) is 8.73. The van der Waals surface area contributed by atoms with Crippen molar-refractivity contribution in [2.75, 3.05) is 11.5 Å². The highest BCUT2D eigenvalue weighted by atomic mass is 35.5. The minimum absolute atomic E-state index is 0.0316. The molecule has 0 aliphatic carbocycles. The number of nitrogens with zero attached hydrogens (tertiary/aromatic N) is 4. The molecule has 4 atom stereocenters. The summed E-state index contributed by atoms with van der Waals surface area (Å²) in [6.45, 7) is 0.458. The Hall–Kier alpha value is -2.63. The number of hydrogen-bond acceptors (Lipinski definition) is 8. The molecule has 2 unspecified atom stereocenters. The standard InChI is InChI=1S/C23H25ClN5O6P/c24-23-27-20(25-11-14-7-3-6-13-5-1-2-8-15(13)14)17-21(28-23)29(12-26-17)22-19(31)18(30)16(35-22)9-4-10-36(32,33)34/h1-3,5-8,12,16,18-19,22,30-31H,4,9-11H2,(H,25,27,28)(H2,32,33,34)/t16-,18?,19?,22-/m1/s1. The molecule has 0 bridgehead atoms. The van der Waals surface area contributed by atoms with Crippen molar-refractivity contribution in [2.45, 2.75) is 43.9 Å². The molecule has 13 heteroatoms. The lowest BCUT2D eigenvalue weighted by Gasteiger charge is -2.17. The van der Waals surface area contributed by atoms with Crippen LogP contribution in [0.1, 0.15) is 24.6 Å². The fourth-order valence-electron chi connectivity index (χ4n) is 4.52. The van der Waals surface area contributed by atoms with Crippen molar-refractivity contribution in [3.8, 4) is 0 Å². The van der Waals surface area contributed by atoms with Crippen LogP contribution in [0.25, 0.3) is 21.9 Å². The number of anilines is 1. The largest absolute Gasteiger partial charge is 0.388 e. The van der Waals surface area contributed by atoms with Gasteiger partial charge in [0.05, 0.1) is 12.4 Å². The zero-order chi connectivity index (χ0) is 25.4. The molecule has 1 fully saturated rings. The molecule has 11 nitrogen and oxygen atoms in total. The van der Waals surface area contributed by atoms with Gasteiger partial charge in [0.2, 0.25) is 5.28 Å². The van der Waals surface area contributed by atoms with Crippen LogP contribution in [0.5, 0.6) is 0 Å². The van der Waals surface area contributed by atoms with E-state index >= 15 is 0 Å². The number of aliphatic hydroxyl groups excluding tert-OH is 2. The Balaban J connectivity index is 1.38. The number of imidazole rings is 1. The quantitative estimate of drug-likeness (QED) is 0.168. The van der Waals surface area contributed by atoms with Crippen LogP contribution in [0.2, 0.25) is 5.28 Å². The van der Waals surface area contributed by atoms with Gasteiger partial charge in [-0.1, -0.05) is 42.5 Å². The smallest absolute Gasteiger partial charge is 0.325 e. The fraction of sp³-hybridized carbons (Fsp3) is 0.348. The maximum atomic E-state index is 11.1. The van der Waals surface area contributed by atoms with Crippen LogP contribution in [0.15, 0.2) is 48.8 Å². The van der Waals surface area contributed by atoms with E-state index in [9.17, 15) is 14.8 Å². The Morgan fingerprint density at radius 1 is 1.08 bits per heavy atom. The Morgan fingerprint density at radius 2 is 1.86 bits per heavy atom. The topological polar surface area (TPSA) is 163 Å². The minimum atomic E-state index is -4.16. The SMILES string of the molecule is O=P(O)(O)CCC[C@H]1O[C@@H](n2cnc3c(NCc4cccc5ccccc45)nc(Cl)nc32)C(O)C1O. The minimum Gasteiger partial charge on any atom is -0.388 e. The molecule has 0 spiro atoms. The first-order valence-corrected chi connectivity index (χ1v) is 13.6. The van der Waals surface area contributed by atoms with E-state index in [1.165, 1.54) is 10.9 Å². The van der Waals surface area contributed by atoms with Crippen LogP contribution in [-0.2, 0) is 15.8 Å². The first-order chi connectivity index (χ1) is 17.2. The third kappa shape index (κ3) is 5.09. The van der Waals surface area contributed by atoms with E-state index < -0.39 is 32.1 Å². The summed E-state index contributed by atoms with van der Waals surface area (Å²) in [5.41, 5.74) is 1.78. The molecule has 3 heterocycles. The number of ether oxygens (including phenoxy) is 1. The Kier molecular flexibility index (Phi) is 6.97. The zero-order valence-corrected chi connectivity index (χ0v) is 20.6. The Labute approximate surface area is 210 Å². The molecule has 0 amide bonds. The zero-order valence-electron chi connectivity index (χ0n) is 19.0. The van der Waals surface area contributed by atoms with Crippen molar-refractivity contribution in [3.05, 3.63) is 59.6 Å². The van der Waals surface area contributed by atoms with Crippen molar-refractivity contribution in [1.29, 1.82) is 0 Å². The molecular formula is C23H25ClN5O6P. The van der Waals surface area contributed by atoms with Crippen molar-refractivity contribution in [2.24, 2.45) is 0 Å². The average molecular weight is 534 g/mol. The highest BCUT2D eigenvalue weighted by Crippen LogP contribution is 2.38. The number of nitrogens with one attached hydrogen (secondary N) is 1. The first kappa shape index (κ1) is 25.0. The summed E-state index contributed by atoms with van der Waals surface area (Å²) in [5.74, 6) is 0.405. The molecule has 2 aromatic carbocycles. The van der Waals surface area contributed by atoms with Gasteiger partial charge in [0, 0.05) is 12.7 Å². The van der Waals surface area contributed by atoms with Crippen LogP contribution in [0.4, 0.5) is 5.82 Å². The fourth-order valence-corrected chi connectivity index (χ4v) is 5.28. The predicted octanol–water partition coefficient (Wildman–Crippen LogP) is 2.82. The summed E-state index contributed by atoms with van der Waals surface area (Å²) in [6.07, 6.45) is -2.97. The average Bonchev–Trinajstić information content (AvgIpc) is 3.37.